The lowest BCUT2D eigenvalue weighted by Gasteiger charge is -2.15. The molecule has 0 radical (unpaired) electrons. The van der Waals surface area contributed by atoms with Crippen molar-refractivity contribution in [3.05, 3.63) is 188 Å². The van der Waals surface area contributed by atoms with E-state index >= 15 is 0 Å². The van der Waals surface area contributed by atoms with Gasteiger partial charge < -0.3 is 0 Å². The molecule has 0 saturated carbocycles. The summed E-state index contributed by atoms with van der Waals surface area (Å²) in [5.74, 6) is 1.89. The lowest BCUT2D eigenvalue weighted by Crippen LogP contribution is -2.02. The summed E-state index contributed by atoms with van der Waals surface area (Å²) in [4.78, 5) is 15.5. The standard InChI is InChI=1S/C45H31N3/c1-5-15-32(16-6-1)34-25-27-37(28-26-34)43-46-44(40-24-14-13-23-39(40)35-19-9-3-10-20-35)48-45(47-43)41-30-29-38(33-17-7-2-8-18-33)31-42(41)36-21-11-4-12-22-36/h1-31H. The van der Waals surface area contributed by atoms with Crippen LogP contribution >= 0.6 is 0 Å². The molecule has 0 bridgehead atoms. The molecule has 0 saturated heterocycles. The van der Waals surface area contributed by atoms with Crippen LogP contribution in [0.5, 0.6) is 0 Å². The van der Waals surface area contributed by atoms with E-state index in [-0.39, 0.29) is 0 Å². The topological polar surface area (TPSA) is 38.7 Å². The molecule has 1 aromatic heterocycles. The van der Waals surface area contributed by atoms with Crippen molar-refractivity contribution in [3.8, 4) is 78.7 Å². The van der Waals surface area contributed by atoms with Gasteiger partial charge in [0.1, 0.15) is 0 Å². The van der Waals surface area contributed by atoms with Crippen molar-refractivity contribution in [1.29, 1.82) is 0 Å². The van der Waals surface area contributed by atoms with Crippen molar-refractivity contribution in [3.63, 3.8) is 0 Å². The predicted molar refractivity (Wildman–Crippen MR) is 198 cm³/mol. The van der Waals surface area contributed by atoms with Crippen LogP contribution in [0.2, 0.25) is 0 Å². The van der Waals surface area contributed by atoms with Crippen LogP contribution in [-0.4, -0.2) is 15.0 Å². The highest BCUT2D eigenvalue weighted by atomic mass is 15.0. The van der Waals surface area contributed by atoms with Gasteiger partial charge in [-0.25, -0.2) is 15.0 Å². The van der Waals surface area contributed by atoms with Crippen molar-refractivity contribution in [2.75, 3.05) is 0 Å². The van der Waals surface area contributed by atoms with Crippen LogP contribution in [0.25, 0.3) is 78.7 Å². The van der Waals surface area contributed by atoms with E-state index < -0.39 is 0 Å². The molecule has 0 aliphatic carbocycles. The fourth-order valence-corrected chi connectivity index (χ4v) is 6.14. The Balaban J connectivity index is 1.33. The summed E-state index contributed by atoms with van der Waals surface area (Å²) in [6.07, 6.45) is 0. The highest BCUT2D eigenvalue weighted by Crippen LogP contribution is 2.37. The van der Waals surface area contributed by atoms with E-state index in [2.05, 4.69) is 158 Å². The highest BCUT2D eigenvalue weighted by molar-refractivity contribution is 5.87. The van der Waals surface area contributed by atoms with Crippen LogP contribution < -0.4 is 0 Å². The molecule has 0 N–H and O–H groups in total. The molecule has 226 valence electrons. The normalized spacial score (nSPS) is 10.9. The largest absolute Gasteiger partial charge is 0.208 e. The van der Waals surface area contributed by atoms with Crippen molar-refractivity contribution in [1.82, 2.24) is 15.0 Å². The van der Waals surface area contributed by atoms with Gasteiger partial charge in [0.2, 0.25) is 0 Å². The van der Waals surface area contributed by atoms with Gasteiger partial charge in [-0.05, 0) is 56.6 Å². The summed E-state index contributed by atoms with van der Waals surface area (Å²) >= 11 is 0. The molecule has 0 aliphatic rings. The number of hydrogen-bond acceptors (Lipinski definition) is 3. The second-order valence-corrected chi connectivity index (χ2v) is 11.7. The van der Waals surface area contributed by atoms with Crippen molar-refractivity contribution < 1.29 is 0 Å². The second kappa shape index (κ2) is 13.1. The zero-order valence-corrected chi connectivity index (χ0v) is 26.2. The van der Waals surface area contributed by atoms with E-state index in [1.807, 2.05) is 30.3 Å². The summed E-state index contributed by atoms with van der Waals surface area (Å²) in [5, 5.41) is 0. The lowest BCUT2D eigenvalue weighted by molar-refractivity contribution is 1.07. The molecule has 1 heterocycles. The number of hydrogen-bond donors (Lipinski definition) is 0. The van der Waals surface area contributed by atoms with Gasteiger partial charge >= 0.3 is 0 Å². The highest BCUT2D eigenvalue weighted by Gasteiger charge is 2.18. The fourth-order valence-electron chi connectivity index (χ4n) is 6.14. The number of nitrogens with zero attached hydrogens (tertiary/aromatic N) is 3. The predicted octanol–water partition coefficient (Wildman–Crippen LogP) is 11.5. The smallest absolute Gasteiger partial charge is 0.164 e. The molecule has 0 fully saturated rings. The van der Waals surface area contributed by atoms with Gasteiger partial charge in [-0.15, -0.1) is 0 Å². The van der Waals surface area contributed by atoms with Crippen molar-refractivity contribution in [2.45, 2.75) is 0 Å². The Morgan fingerprint density at radius 3 is 1.12 bits per heavy atom. The first-order valence-electron chi connectivity index (χ1n) is 16.1. The van der Waals surface area contributed by atoms with Gasteiger partial charge in [-0.2, -0.15) is 0 Å². The molecule has 7 aromatic carbocycles. The van der Waals surface area contributed by atoms with Crippen molar-refractivity contribution >= 4 is 0 Å². The Kier molecular flexibility index (Phi) is 7.92. The Labute approximate surface area is 280 Å². The van der Waals surface area contributed by atoms with Gasteiger partial charge in [-0.1, -0.05) is 176 Å². The molecule has 0 aliphatic heterocycles. The molecule has 0 amide bonds. The average Bonchev–Trinajstić information content (AvgIpc) is 3.19. The zero-order chi connectivity index (χ0) is 32.1. The minimum atomic E-state index is 0.628. The Morgan fingerprint density at radius 1 is 0.208 bits per heavy atom. The summed E-state index contributed by atoms with van der Waals surface area (Å²) in [6, 6.07) is 65.1. The molecular formula is C45H31N3. The van der Waals surface area contributed by atoms with E-state index in [1.165, 1.54) is 5.56 Å². The van der Waals surface area contributed by atoms with Gasteiger partial charge in [0, 0.05) is 16.7 Å². The molecule has 3 heteroatoms. The minimum Gasteiger partial charge on any atom is -0.208 e. The molecule has 3 nitrogen and oxygen atoms in total. The quantitative estimate of drug-likeness (QED) is 0.179. The summed E-state index contributed by atoms with van der Waals surface area (Å²) in [5.41, 5.74) is 11.8. The van der Waals surface area contributed by atoms with E-state index in [0.29, 0.717) is 17.5 Å². The van der Waals surface area contributed by atoms with Gasteiger partial charge in [0.25, 0.3) is 0 Å². The van der Waals surface area contributed by atoms with Crippen LogP contribution in [0.4, 0.5) is 0 Å². The zero-order valence-electron chi connectivity index (χ0n) is 26.2. The molecular weight excluding hydrogens is 583 g/mol. The third kappa shape index (κ3) is 5.93. The molecule has 0 atom stereocenters. The molecule has 8 rings (SSSR count). The summed E-state index contributed by atoms with van der Waals surface area (Å²) in [6.45, 7) is 0. The second-order valence-electron chi connectivity index (χ2n) is 11.7. The number of rotatable bonds is 7. The lowest BCUT2D eigenvalue weighted by atomic mass is 9.94. The molecule has 8 aromatic rings. The van der Waals surface area contributed by atoms with E-state index in [0.717, 1.165) is 55.6 Å². The van der Waals surface area contributed by atoms with Gasteiger partial charge in [0.05, 0.1) is 0 Å². The van der Waals surface area contributed by atoms with Crippen LogP contribution in [0, 0.1) is 0 Å². The third-order valence-electron chi connectivity index (χ3n) is 8.59. The molecule has 0 unspecified atom stereocenters. The number of benzene rings is 7. The monoisotopic (exact) mass is 613 g/mol. The maximum atomic E-state index is 5.22. The van der Waals surface area contributed by atoms with E-state index in [9.17, 15) is 0 Å². The summed E-state index contributed by atoms with van der Waals surface area (Å²) < 4.78 is 0. The van der Waals surface area contributed by atoms with Crippen LogP contribution in [0.3, 0.4) is 0 Å². The maximum absolute atomic E-state index is 5.22. The molecule has 48 heavy (non-hydrogen) atoms. The fraction of sp³-hybridized carbons (Fsp3) is 0. The summed E-state index contributed by atoms with van der Waals surface area (Å²) in [7, 11) is 0. The van der Waals surface area contributed by atoms with E-state index in [4.69, 9.17) is 15.0 Å². The van der Waals surface area contributed by atoms with Crippen LogP contribution in [0.15, 0.2) is 188 Å². The molecule has 0 spiro atoms. The van der Waals surface area contributed by atoms with Crippen LogP contribution in [0.1, 0.15) is 0 Å². The minimum absolute atomic E-state index is 0.628. The van der Waals surface area contributed by atoms with Gasteiger partial charge in [-0.3, -0.25) is 0 Å². The Morgan fingerprint density at radius 2 is 0.562 bits per heavy atom. The van der Waals surface area contributed by atoms with Gasteiger partial charge in [0.15, 0.2) is 17.5 Å². The first-order valence-corrected chi connectivity index (χ1v) is 16.1. The Hall–Kier alpha value is -6.45. The van der Waals surface area contributed by atoms with E-state index in [1.54, 1.807) is 0 Å². The number of aromatic nitrogens is 3. The first kappa shape index (κ1) is 29.0. The first-order chi connectivity index (χ1) is 23.8. The van der Waals surface area contributed by atoms with Crippen molar-refractivity contribution in [2.24, 2.45) is 0 Å². The maximum Gasteiger partial charge on any atom is 0.164 e. The SMILES string of the molecule is c1ccc(-c2ccc(-c3nc(-c4ccccc4-c4ccccc4)nc(-c4ccc(-c5ccccc5)cc4-c4ccccc4)n3)cc2)cc1. The average molecular weight is 614 g/mol. The van der Waals surface area contributed by atoms with Crippen LogP contribution in [-0.2, 0) is 0 Å². The third-order valence-corrected chi connectivity index (χ3v) is 8.59. The Bertz CT molecular complexity index is 2300.